The lowest BCUT2D eigenvalue weighted by atomic mass is 10.1. The van der Waals surface area contributed by atoms with E-state index in [9.17, 15) is 9.59 Å². The summed E-state index contributed by atoms with van der Waals surface area (Å²) in [5.41, 5.74) is 2.69. The van der Waals surface area contributed by atoms with Crippen molar-refractivity contribution in [3.8, 4) is 0 Å². The lowest BCUT2D eigenvalue weighted by molar-refractivity contribution is -0.117. The van der Waals surface area contributed by atoms with Crippen molar-refractivity contribution >= 4 is 17.9 Å². The molecule has 2 N–H and O–H groups in total. The third-order valence-electron chi connectivity index (χ3n) is 4.18. The van der Waals surface area contributed by atoms with Crippen molar-refractivity contribution in [3.63, 3.8) is 0 Å². The molecule has 0 aliphatic carbocycles. The van der Waals surface area contributed by atoms with Gasteiger partial charge in [-0.2, -0.15) is 0 Å². The van der Waals surface area contributed by atoms with Gasteiger partial charge in [-0.1, -0.05) is 78.9 Å². The summed E-state index contributed by atoms with van der Waals surface area (Å²) < 4.78 is 0. The first kappa shape index (κ1) is 19.1. The average molecular weight is 370 g/mol. The van der Waals surface area contributed by atoms with Gasteiger partial charge in [0.2, 0.25) is 0 Å². The summed E-state index contributed by atoms with van der Waals surface area (Å²) in [5, 5.41) is 5.63. The highest BCUT2D eigenvalue weighted by Crippen LogP contribution is 2.07. The molecule has 140 valence electrons. The fourth-order valence-corrected chi connectivity index (χ4v) is 2.72. The summed E-state index contributed by atoms with van der Waals surface area (Å²) in [5.74, 6) is -0.634. The van der Waals surface area contributed by atoms with Crippen molar-refractivity contribution < 1.29 is 9.59 Å². The Bertz CT molecular complexity index is 936. The van der Waals surface area contributed by atoms with Crippen molar-refractivity contribution in [2.75, 3.05) is 6.54 Å². The number of amides is 2. The van der Waals surface area contributed by atoms with Gasteiger partial charge in [-0.3, -0.25) is 9.59 Å². The molecule has 0 saturated heterocycles. The second kappa shape index (κ2) is 9.88. The topological polar surface area (TPSA) is 58.2 Å². The van der Waals surface area contributed by atoms with Gasteiger partial charge in [0.05, 0.1) is 0 Å². The van der Waals surface area contributed by atoms with E-state index in [0.717, 1.165) is 17.5 Å². The third kappa shape index (κ3) is 5.68. The molecular weight excluding hydrogens is 348 g/mol. The molecule has 4 heteroatoms. The highest BCUT2D eigenvalue weighted by molar-refractivity contribution is 6.05. The van der Waals surface area contributed by atoms with E-state index in [1.165, 1.54) is 0 Å². The smallest absolute Gasteiger partial charge is 0.267 e. The maximum Gasteiger partial charge on any atom is 0.267 e. The van der Waals surface area contributed by atoms with Crippen LogP contribution in [0, 0.1) is 0 Å². The van der Waals surface area contributed by atoms with Crippen LogP contribution < -0.4 is 10.6 Å². The summed E-state index contributed by atoms with van der Waals surface area (Å²) in [7, 11) is 0. The molecule has 3 aromatic rings. The molecule has 0 spiro atoms. The van der Waals surface area contributed by atoms with Crippen LogP contribution in [0.15, 0.2) is 96.7 Å². The first-order chi connectivity index (χ1) is 13.7. The number of benzene rings is 3. The minimum Gasteiger partial charge on any atom is -0.350 e. The first-order valence-corrected chi connectivity index (χ1v) is 9.17. The Morgan fingerprint density at radius 2 is 1.32 bits per heavy atom. The minimum atomic E-state index is -0.319. The summed E-state index contributed by atoms with van der Waals surface area (Å²) in [6, 6.07) is 28.2. The molecule has 0 saturated carbocycles. The second-order valence-electron chi connectivity index (χ2n) is 6.28. The number of hydrogen-bond acceptors (Lipinski definition) is 2. The van der Waals surface area contributed by atoms with Crippen LogP contribution in [0.3, 0.4) is 0 Å². The highest BCUT2D eigenvalue weighted by atomic mass is 16.2. The van der Waals surface area contributed by atoms with Gasteiger partial charge in [0.1, 0.15) is 5.70 Å². The monoisotopic (exact) mass is 370 g/mol. The van der Waals surface area contributed by atoms with Gasteiger partial charge in [0, 0.05) is 12.1 Å². The van der Waals surface area contributed by atoms with Crippen LogP contribution >= 0.6 is 0 Å². The molecule has 2 amide bonds. The van der Waals surface area contributed by atoms with Gasteiger partial charge >= 0.3 is 0 Å². The molecule has 0 radical (unpaired) electrons. The molecule has 0 aliphatic heterocycles. The Hall–Kier alpha value is -3.66. The standard InChI is InChI=1S/C24H22N2O2/c27-23(21-14-8-3-9-15-21)26-22(18-20-12-6-2-7-13-20)24(28)25-17-16-19-10-4-1-5-11-19/h1-15,18H,16-17H2,(H,25,28)(H,26,27)/b22-18+. The highest BCUT2D eigenvalue weighted by Gasteiger charge is 2.14. The Morgan fingerprint density at radius 3 is 1.96 bits per heavy atom. The van der Waals surface area contributed by atoms with Gasteiger partial charge in [0.25, 0.3) is 11.8 Å². The van der Waals surface area contributed by atoms with Gasteiger partial charge < -0.3 is 10.6 Å². The Balaban J connectivity index is 1.71. The van der Waals surface area contributed by atoms with E-state index in [1.807, 2.05) is 66.7 Å². The van der Waals surface area contributed by atoms with Crippen LogP contribution in [0.5, 0.6) is 0 Å². The molecule has 0 heterocycles. The zero-order chi connectivity index (χ0) is 19.6. The van der Waals surface area contributed by atoms with Gasteiger partial charge in [-0.25, -0.2) is 0 Å². The third-order valence-corrected chi connectivity index (χ3v) is 4.18. The molecule has 3 aromatic carbocycles. The zero-order valence-electron chi connectivity index (χ0n) is 15.5. The number of carbonyl (C=O) groups is 2. The van der Waals surface area contributed by atoms with Crippen LogP contribution in [0.2, 0.25) is 0 Å². The zero-order valence-corrected chi connectivity index (χ0v) is 15.5. The fourth-order valence-electron chi connectivity index (χ4n) is 2.72. The SMILES string of the molecule is O=C(NCCc1ccccc1)/C(=C\c1ccccc1)NC(=O)c1ccccc1. The fraction of sp³-hybridized carbons (Fsp3) is 0.0833. The van der Waals surface area contributed by atoms with E-state index in [4.69, 9.17) is 0 Å². The van der Waals surface area contributed by atoms with Crippen molar-refractivity contribution in [1.82, 2.24) is 10.6 Å². The lowest BCUT2D eigenvalue weighted by Gasteiger charge is -2.11. The van der Waals surface area contributed by atoms with E-state index in [2.05, 4.69) is 10.6 Å². The molecule has 4 nitrogen and oxygen atoms in total. The minimum absolute atomic E-state index is 0.216. The number of nitrogens with one attached hydrogen (secondary N) is 2. The molecule has 0 unspecified atom stereocenters. The van der Waals surface area contributed by atoms with Crippen LogP contribution in [-0.2, 0) is 11.2 Å². The van der Waals surface area contributed by atoms with E-state index in [-0.39, 0.29) is 17.5 Å². The van der Waals surface area contributed by atoms with Crippen molar-refractivity contribution in [1.29, 1.82) is 0 Å². The van der Waals surface area contributed by atoms with E-state index >= 15 is 0 Å². The number of hydrogen-bond donors (Lipinski definition) is 2. The number of rotatable bonds is 7. The van der Waals surface area contributed by atoms with Crippen molar-refractivity contribution in [3.05, 3.63) is 113 Å². The molecule has 0 atom stereocenters. The van der Waals surface area contributed by atoms with Crippen LogP contribution in [-0.4, -0.2) is 18.4 Å². The lowest BCUT2D eigenvalue weighted by Crippen LogP contribution is -2.35. The maximum atomic E-state index is 12.7. The van der Waals surface area contributed by atoms with Gasteiger partial charge in [0.15, 0.2) is 0 Å². The van der Waals surface area contributed by atoms with E-state index in [0.29, 0.717) is 12.1 Å². The Labute approximate surface area is 164 Å². The van der Waals surface area contributed by atoms with Gasteiger partial charge in [-0.15, -0.1) is 0 Å². The molecule has 3 rings (SSSR count). The first-order valence-electron chi connectivity index (χ1n) is 9.17. The Kier molecular flexibility index (Phi) is 6.74. The predicted octanol–water partition coefficient (Wildman–Crippen LogP) is 3.82. The van der Waals surface area contributed by atoms with Crippen LogP contribution in [0.25, 0.3) is 6.08 Å². The molecule has 28 heavy (non-hydrogen) atoms. The predicted molar refractivity (Wildman–Crippen MR) is 111 cm³/mol. The van der Waals surface area contributed by atoms with Crippen molar-refractivity contribution in [2.24, 2.45) is 0 Å². The summed E-state index contributed by atoms with van der Waals surface area (Å²) in [6.07, 6.45) is 2.40. The summed E-state index contributed by atoms with van der Waals surface area (Å²) in [4.78, 5) is 25.2. The van der Waals surface area contributed by atoms with Crippen molar-refractivity contribution in [2.45, 2.75) is 6.42 Å². The van der Waals surface area contributed by atoms with Crippen LogP contribution in [0.4, 0.5) is 0 Å². The van der Waals surface area contributed by atoms with E-state index in [1.54, 1.807) is 30.3 Å². The molecule has 0 aliphatic rings. The maximum absolute atomic E-state index is 12.7. The number of carbonyl (C=O) groups excluding carboxylic acids is 2. The summed E-state index contributed by atoms with van der Waals surface area (Å²) >= 11 is 0. The normalized spacial score (nSPS) is 10.9. The largest absolute Gasteiger partial charge is 0.350 e. The molecular formula is C24H22N2O2. The average Bonchev–Trinajstić information content (AvgIpc) is 2.75. The van der Waals surface area contributed by atoms with Gasteiger partial charge in [-0.05, 0) is 35.8 Å². The molecule has 0 bridgehead atoms. The second-order valence-corrected chi connectivity index (χ2v) is 6.28. The van der Waals surface area contributed by atoms with E-state index < -0.39 is 0 Å². The molecule has 0 fully saturated rings. The summed E-state index contributed by atoms with van der Waals surface area (Å²) in [6.45, 7) is 0.482. The molecule has 0 aromatic heterocycles. The van der Waals surface area contributed by atoms with Crippen LogP contribution in [0.1, 0.15) is 21.5 Å². The quantitative estimate of drug-likeness (QED) is 0.621. The Morgan fingerprint density at radius 1 is 0.750 bits per heavy atom.